The van der Waals surface area contributed by atoms with Crippen LogP contribution < -0.4 is 5.32 Å². The minimum atomic E-state index is -2.51. The van der Waals surface area contributed by atoms with Crippen molar-refractivity contribution in [3.8, 4) is 0 Å². The maximum absolute atomic E-state index is 12.3. The normalized spacial score (nSPS) is 12.8. The molecule has 0 heterocycles. The fourth-order valence-corrected chi connectivity index (χ4v) is 2.07. The molecule has 1 unspecified atom stereocenters. The van der Waals surface area contributed by atoms with Gasteiger partial charge in [0.15, 0.2) is 5.78 Å². The molecule has 7 nitrogen and oxygen atoms in total. The molecule has 9 heteroatoms. The smallest absolute Gasteiger partial charge is 0.344 e. The van der Waals surface area contributed by atoms with Gasteiger partial charge in [0.05, 0.1) is 23.1 Å². The second kappa shape index (κ2) is 7.94. The van der Waals surface area contributed by atoms with Crippen molar-refractivity contribution in [3.63, 3.8) is 0 Å². The number of amides is 1. The van der Waals surface area contributed by atoms with E-state index in [2.05, 4.69) is 4.74 Å². The number of hydrogen-bond donors (Lipinski definition) is 2. The monoisotopic (exact) mass is 361 g/mol. The molecule has 0 aliphatic heterocycles. The van der Waals surface area contributed by atoms with Gasteiger partial charge in [0.25, 0.3) is 0 Å². The van der Waals surface area contributed by atoms with Gasteiger partial charge in [-0.3, -0.25) is 9.59 Å². The summed E-state index contributed by atoms with van der Waals surface area (Å²) >= 11 is 11.5. The zero-order valence-electron chi connectivity index (χ0n) is 12.0. The number of aliphatic carboxylic acids is 1. The number of benzene rings is 1. The van der Waals surface area contributed by atoms with E-state index in [4.69, 9.17) is 23.2 Å². The first-order valence-corrected chi connectivity index (χ1v) is 7.14. The molecule has 0 spiro atoms. The molecule has 1 amide bonds. The number of carboxylic acids is 1. The Hall–Kier alpha value is -2.12. The number of hydrogen-bond acceptors (Lipinski definition) is 5. The standard InChI is InChI=1S/C14H13Cl2NO6/c1-2-23-13(22)14(12(20)21,17-7-18)6-11(19)8-3-4-9(15)10(16)5-8/h3-5,7H,2,6H2,1H3,(H,17,18)(H,20,21). The van der Waals surface area contributed by atoms with E-state index in [1.54, 1.807) is 0 Å². The molecule has 1 aromatic carbocycles. The van der Waals surface area contributed by atoms with E-state index < -0.39 is 29.7 Å². The van der Waals surface area contributed by atoms with Crippen LogP contribution in [-0.2, 0) is 19.1 Å². The van der Waals surface area contributed by atoms with Crippen molar-refractivity contribution >= 4 is 47.3 Å². The Kier molecular flexibility index (Phi) is 6.53. The molecule has 1 atom stereocenters. The summed E-state index contributed by atoms with van der Waals surface area (Å²) in [4.78, 5) is 46.5. The Bertz CT molecular complexity index is 648. The number of rotatable bonds is 8. The molecule has 0 aromatic heterocycles. The fraction of sp³-hybridized carbons (Fsp3) is 0.286. The largest absolute Gasteiger partial charge is 0.479 e. The first-order valence-electron chi connectivity index (χ1n) is 6.38. The lowest BCUT2D eigenvalue weighted by molar-refractivity contribution is -0.163. The van der Waals surface area contributed by atoms with Crippen molar-refractivity contribution in [2.24, 2.45) is 0 Å². The Balaban J connectivity index is 3.20. The SMILES string of the molecule is CCOC(=O)C(CC(=O)c1ccc(Cl)c(Cl)c1)(NC=O)C(=O)O. The van der Waals surface area contributed by atoms with Crippen molar-refractivity contribution in [2.75, 3.05) is 6.61 Å². The predicted molar refractivity (Wildman–Crippen MR) is 81.6 cm³/mol. The van der Waals surface area contributed by atoms with E-state index in [1.807, 2.05) is 5.32 Å². The third-order valence-electron chi connectivity index (χ3n) is 2.96. The number of nitrogens with one attached hydrogen (secondary N) is 1. The van der Waals surface area contributed by atoms with Gasteiger partial charge in [-0.1, -0.05) is 23.2 Å². The Labute approximate surface area is 141 Å². The Morgan fingerprint density at radius 3 is 2.43 bits per heavy atom. The molecular formula is C14H13Cl2NO6. The van der Waals surface area contributed by atoms with Gasteiger partial charge >= 0.3 is 11.9 Å². The quantitative estimate of drug-likeness (QED) is 0.315. The van der Waals surface area contributed by atoms with Crippen molar-refractivity contribution in [2.45, 2.75) is 18.9 Å². The zero-order valence-corrected chi connectivity index (χ0v) is 13.5. The van der Waals surface area contributed by atoms with Crippen LogP contribution in [0.4, 0.5) is 0 Å². The summed E-state index contributed by atoms with van der Waals surface area (Å²) < 4.78 is 4.66. The lowest BCUT2D eigenvalue weighted by Crippen LogP contribution is -2.59. The second-order valence-corrected chi connectivity index (χ2v) is 5.24. The van der Waals surface area contributed by atoms with Crippen LogP contribution in [0.25, 0.3) is 0 Å². The van der Waals surface area contributed by atoms with Gasteiger partial charge in [-0.2, -0.15) is 0 Å². The Morgan fingerprint density at radius 2 is 1.96 bits per heavy atom. The maximum Gasteiger partial charge on any atom is 0.344 e. The van der Waals surface area contributed by atoms with E-state index in [0.717, 1.165) is 0 Å². The molecule has 0 bridgehead atoms. The fourth-order valence-electron chi connectivity index (χ4n) is 1.77. The van der Waals surface area contributed by atoms with Crippen LogP contribution in [0.2, 0.25) is 10.0 Å². The topological polar surface area (TPSA) is 110 Å². The lowest BCUT2D eigenvalue weighted by Gasteiger charge is -2.25. The molecule has 23 heavy (non-hydrogen) atoms. The molecule has 2 N–H and O–H groups in total. The molecule has 0 radical (unpaired) electrons. The van der Waals surface area contributed by atoms with E-state index >= 15 is 0 Å². The summed E-state index contributed by atoms with van der Waals surface area (Å²) in [5.41, 5.74) is -2.47. The number of ketones is 1. The van der Waals surface area contributed by atoms with E-state index in [9.17, 15) is 24.3 Å². The molecule has 0 aliphatic carbocycles. The Morgan fingerprint density at radius 1 is 1.30 bits per heavy atom. The van der Waals surface area contributed by atoms with Crippen LogP contribution in [0.1, 0.15) is 23.7 Å². The summed E-state index contributed by atoms with van der Waals surface area (Å²) in [7, 11) is 0. The number of esters is 1. The van der Waals surface area contributed by atoms with Gasteiger partial charge in [-0.05, 0) is 25.1 Å². The van der Waals surface area contributed by atoms with Gasteiger partial charge in [0, 0.05) is 5.56 Å². The maximum atomic E-state index is 12.3. The second-order valence-electron chi connectivity index (χ2n) is 4.42. The number of carboxylic acid groups (broad SMARTS) is 1. The summed E-state index contributed by atoms with van der Waals surface area (Å²) in [6.45, 7) is 1.35. The van der Waals surface area contributed by atoms with Crippen molar-refractivity contribution < 1.29 is 29.0 Å². The average Bonchev–Trinajstić information content (AvgIpc) is 2.49. The summed E-state index contributed by atoms with van der Waals surface area (Å²) in [5, 5.41) is 11.5. The van der Waals surface area contributed by atoms with Crippen molar-refractivity contribution in [3.05, 3.63) is 33.8 Å². The number of ether oxygens (including phenoxy) is 1. The van der Waals surface area contributed by atoms with Crippen LogP contribution >= 0.6 is 23.2 Å². The summed E-state index contributed by atoms with van der Waals surface area (Å²) in [5.74, 6) is -3.68. The zero-order chi connectivity index (χ0) is 17.6. The molecule has 1 rings (SSSR count). The van der Waals surface area contributed by atoms with Gasteiger partial charge in [-0.25, -0.2) is 9.59 Å². The first kappa shape index (κ1) is 18.9. The third-order valence-corrected chi connectivity index (χ3v) is 3.70. The van der Waals surface area contributed by atoms with Gasteiger partial charge in [0.2, 0.25) is 11.9 Å². The van der Waals surface area contributed by atoms with Crippen LogP contribution in [0.15, 0.2) is 18.2 Å². The number of carbonyl (C=O) groups is 4. The van der Waals surface area contributed by atoms with Crippen LogP contribution in [0, 0.1) is 0 Å². The first-order chi connectivity index (χ1) is 10.8. The molecule has 1 aromatic rings. The predicted octanol–water partition coefficient (Wildman–Crippen LogP) is 1.70. The highest BCUT2D eigenvalue weighted by molar-refractivity contribution is 6.42. The van der Waals surface area contributed by atoms with Gasteiger partial charge < -0.3 is 15.2 Å². The van der Waals surface area contributed by atoms with Crippen LogP contribution in [-0.4, -0.2) is 41.4 Å². The van der Waals surface area contributed by atoms with Gasteiger partial charge in [-0.15, -0.1) is 0 Å². The molecule has 0 saturated carbocycles. The van der Waals surface area contributed by atoms with Gasteiger partial charge in [0.1, 0.15) is 0 Å². The van der Waals surface area contributed by atoms with E-state index in [-0.39, 0.29) is 28.6 Å². The number of halogens is 2. The molecule has 0 aliphatic rings. The summed E-state index contributed by atoms with van der Waals surface area (Å²) in [6.07, 6.45) is -0.814. The average molecular weight is 362 g/mol. The highest BCUT2D eigenvalue weighted by Crippen LogP contribution is 2.25. The highest BCUT2D eigenvalue weighted by Gasteiger charge is 2.49. The summed E-state index contributed by atoms with van der Waals surface area (Å²) in [6, 6.07) is 3.93. The minimum absolute atomic E-state index is 0.0210. The molecule has 124 valence electrons. The van der Waals surface area contributed by atoms with E-state index in [0.29, 0.717) is 0 Å². The molecular weight excluding hydrogens is 349 g/mol. The minimum Gasteiger partial charge on any atom is -0.479 e. The van der Waals surface area contributed by atoms with Crippen molar-refractivity contribution in [1.82, 2.24) is 5.32 Å². The lowest BCUT2D eigenvalue weighted by atomic mass is 9.90. The number of Topliss-reactive ketones (excluding diaryl/α,β-unsaturated/α-hetero) is 1. The van der Waals surface area contributed by atoms with E-state index in [1.165, 1.54) is 25.1 Å². The molecule has 0 saturated heterocycles. The third kappa shape index (κ3) is 4.20. The molecule has 0 fully saturated rings. The van der Waals surface area contributed by atoms with Crippen LogP contribution in [0.3, 0.4) is 0 Å². The highest BCUT2D eigenvalue weighted by atomic mass is 35.5. The van der Waals surface area contributed by atoms with Crippen LogP contribution in [0.5, 0.6) is 0 Å². The number of carbonyl (C=O) groups excluding carboxylic acids is 3. The van der Waals surface area contributed by atoms with Crippen molar-refractivity contribution in [1.29, 1.82) is 0 Å².